The Morgan fingerprint density at radius 1 is 1.22 bits per heavy atom. The number of fused-ring (bicyclic) bond motifs is 1. The van der Waals surface area contributed by atoms with Crippen LogP contribution in [0.3, 0.4) is 0 Å². The van der Waals surface area contributed by atoms with Gasteiger partial charge in [-0.2, -0.15) is 5.10 Å². The van der Waals surface area contributed by atoms with E-state index in [1.807, 2.05) is 0 Å². The second-order valence-electron chi connectivity index (χ2n) is 4.93. The molecule has 8 heteroatoms. The van der Waals surface area contributed by atoms with Crippen LogP contribution in [0.1, 0.15) is 17.4 Å². The minimum atomic E-state index is -0.669. The molecule has 0 fully saturated rings. The quantitative estimate of drug-likeness (QED) is 0.760. The number of nitrogens with two attached hydrogens (primary N) is 1. The molecule has 0 aliphatic rings. The molecular weight excluding hydrogens is 298 g/mol. The van der Waals surface area contributed by atoms with Gasteiger partial charge in [0.25, 0.3) is 5.91 Å². The van der Waals surface area contributed by atoms with Crippen LogP contribution in [0.25, 0.3) is 10.9 Å². The summed E-state index contributed by atoms with van der Waals surface area (Å²) in [6, 6.07) is 5.07. The molecule has 2 heterocycles. The molecule has 0 aliphatic carbocycles. The van der Waals surface area contributed by atoms with E-state index in [1.165, 1.54) is 30.3 Å². The van der Waals surface area contributed by atoms with Gasteiger partial charge in [0.2, 0.25) is 0 Å². The summed E-state index contributed by atoms with van der Waals surface area (Å²) >= 11 is 0. The molecule has 0 bridgehead atoms. The Hall–Kier alpha value is -3.29. The molecule has 23 heavy (non-hydrogen) atoms. The van der Waals surface area contributed by atoms with Gasteiger partial charge in [0.05, 0.1) is 24.5 Å². The van der Waals surface area contributed by atoms with E-state index in [0.717, 1.165) is 0 Å². The van der Waals surface area contributed by atoms with E-state index in [0.29, 0.717) is 22.4 Å². The van der Waals surface area contributed by atoms with Gasteiger partial charge in [-0.15, -0.1) is 0 Å². The number of hydrogen-bond donors (Lipinski definition) is 1. The smallest absolute Gasteiger partial charge is 0.269 e. The normalized spacial score (nSPS) is 10.7. The molecule has 0 spiro atoms. The van der Waals surface area contributed by atoms with Crippen LogP contribution in [0, 0.1) is 0 Å². The fraction of sp³-hybridized carbons (Fsp3) is 0.133. The predicted molar refractivity (Wildman–Crippen MR) is 81.0 cm³/mol. The molecule has 0 saturated carbocycles. The van der Waals surface area contributed by atoms with Crippen molar-refractivity contribution in [2.24, 2.45) is 5.73 Å². The van der Waals surface area contributed by atoms with E-state index in [4.69, 9.17) is 10.5 Å². The summed E-state index contributed by atoms with van der Waals surface area (Å²) in [5, 5.41) is 4.64. The Morgan fingerprint density at radius 3 is 2.61 bits per heavy atom. The number of Topliss-reactive ketones (excluding diaryl/α,β-unsaturated/α-hetero) is 1. The van der Waals surface area contributed by atoms with Crippen molar-refractivity contribution in [3.05, 3.63) is 42.6 Å². The third kappa shape index (κ3) is 3.00. The maximum atomic E-state index is 11.6. The molecule has 0 radical (unpaired) electrons. The number of ketones is 1. The van der Waals surface area contributed by atoms with Crippen molar-refractivity contribution in [3.8, 4) is 11.5 Å². The molecule has 0 saturated heterocycles. The Balaban J connectivity index is 2.05. The Bertz CT molecular complexity index is 889. The molecule has 0 atom stereocenters. The first kappa shape index (κ1) is 14.6. The average Bonchev–Trinajstić information content (AvgIpc) is 2.86. The van der Waals surface area contributed by atoms with Gasteiger partial charge < -0.3 is 10.5 Å². The lowest BCUT2D eigenvalue weighted by Gasteiger charge is -2.05. The van der Waals surface area contributed by atoms with Crippen LogP contribution in [0.5, 0.6) is 11.5 Å². The van der Waals surface area contributed by atoms with Crippen molar-refractivity contribution in [2.45, 2.75) is 13.5 Å². The van der Waals surface area contributed by atoms with Gasteiger partial charge in [0, 0.05) is 5.39 Å². The maximum absolute atomic E-state index is 11.6. The van der Waals surface area contributed by atoms with Gasteiger partial charge >= 0.3 is 0 Å². The van der Waals surface area contributed by atoms with Crippen molar-refractivity contribution < 1.29 is 14.3 Å². The van der Waals surface area contributed by atoms with Gasteiger partial charge in [-0.25, -0.2) is 9.97 Å². The number of primary amides is 1. The van der Waals surface area contributed by atoms with E-state index < -0.39 is 5.91 Å². The summed E-state index contributed by atoms with van der Waals surface area (Å²) in [5.74, 6) is 0.199. The van der Waals surface area contributed by atoms with Crippen LogP contribution < -0.4 is 10.5 Å². The first-order valence-electron chi connectivity index (χ1n) is 6.77. The van der Waals surface area contributed by atoms with E-state index in [9.17, 15) is 9.59 Å². The topological polar surface area (TPSA) is 113 Å². The van der Waals surface area contributed by atoms with Crippen molar-refractivity contribution in [1.29, 1.82) is 0 Å². The minimum Gasteiger partial charge on any atom is -0.454 e. The molecule has 8 nitrogen and oxygen atoms in total. The molecule has 0 unspecified atom stereocenters. The summed E-state index contributed by atoms with van der Waals surface area (Å²) in [5.41, 5.74) is 6.09. The van der Waals surface area contributed by atoms with Crippen LogP contribution in [0.4, 0.5) is 0 Å². The van der Waals surface area contributed by atoms with E-state index >= 15 is 0 Å². The van der Waals surface area contributed by atoms with Crippen molar-refractivity contribution >= 4 is 22.6 Å². The number of ether oxygens (including phenoxy) is 1. The summed E-state index contributed by atoms with van der Waals surface area (Å²) in [7, 11) is 0. The highest BCUT2D eigenvalue weighted by Gasteiger charge is 2.16. The molecular formula is C15H13N5O3. The first-order valence-corrected chi connectivity index (χ1v) is 6.77. The number of rotatable bonds is 5. The largest absolute Gasteiger partial charge is 0.454 e. The zero-order valence-electron chi connectivity index (χ0n) is 12.3. The molecule has 116 valence electrons. The lowest BCUT2D eigenvalue weighted by Crippen LogP contribution is -2.14. The highest BCUT2D eigenvalue weighted by molar-refractivity contribution is 6.04. The van der Waals surface area contributed by atoms with Crippen LogP contribution in [-0.2, 0) is 11.3 Å². The molecule has 1 aromatic carbocycles. The molecule has 0 aliphatic heterocycles. The minimum absolute atomic E-state index is 0.0660. The first-order chi connectivity index (χ1) is 11.0. The number of carbonyl (C=O) groups excluding carboxylic acids is 2. The second-order valence-corrected chi connectivity index (χ2v) is 4.93. The predicted octanol–water partition coefficient (Wildman–Crippen LogP) is 1.31. The number of amides is 1. The standard InChI is InChI=1S/C15H13N5O3/c1-9(21)7-20-13-3-2-10(23-11-5-17-8-18-6-11)4-12(13)14(19-20)15(16)22/h2-6,8H,7H2,1H3,(H2,16,22). The molecule has 3 rings (SSSR count). The van der Waals surface area contributed by atoms with E-state index in [2.05, 4.69) is 15.1 Å². The van der Waals surface area contributed by atoms with Crippen LogP contribution >= 0.6 is 0 Å². The van der Waals surface area contributed by atoms with Crippen LogP contribution in [0.2, 0.25) is 0 Å². The summed E-state index contributed by atoms with van der Waals surface area (Å²) in [6.07, 6.45) is 4.43. The zero-order valence-corrected chi connectivity index (χ0v) is 12.3. The Morgan fingerprint density at radius 2 is 1.96 bits per heavy atom. The highest BCUT2D eigenvalue weighted by atomic mass is 16.5. The van der Waals surface area contributed by atoms with Crippen molar-refractivity contribution in [2.75, 3.05) is 0 Å². The van der Waals surface area contributed by atoms with Crippen molar-refractivity contribution in [1.82, 2.24) is 19.7 Å². The Kier molecular flexibility index (Phi) is 3.71. The van der Waals surface area contributed by atoms with Gasteiger partial charge in [-0.05, 0) is 25.1 Å². The fourth-order valence-electron chi connectivity index (χ4n) is 2.21. The van der Waals surface area contributed by atoms with Gasteiger partial charge in [0.15, 0.2) is 17.2 Å². The molecule has 3 aromatic rings. The average molecular weight is 311 g/mol. The summed E-state index contributed by atoms with van der Waals surface area (Å²) in [4.78, 5) is 30.6. The van der Waals surface area contributed by atoms with Crippen LogP contribution in [-0.4, -0.2) is 31.4 Å². The Labute approximate surface area is 130 Å². The van der Waals surface area contributed by atoms with Gasteiger partial charge in [0.1, 0.15) is 12.1 Å². The van der Waals surface area contributed by atoms with E-state index in [1.54, 1.807) is 18.2 Å². The van der Waals surface area contributed by atoms with Gasteiger partial charge in [-0.1, -0.05) is 0 Å². The third-order valence-electron chi connectivity index (χ3n) is 3.10. The monoisotopic (exact) mass is 311 g/mol. The number of hydrogen-bond acceptors (Lipinski definition) is 6. The zero-order chi connectivity index (χ0) is 16.4. The number of benzene rings is 1. The number of aromatic nitrogens is 4. The fourth-order valence-corrected chi connectivity index (χ4v) is 2.21. The van der Waals surface area contributed by atoms with E-state index in [-0.39, 0.29) is 18.0 Å². The summed E-state index contributed by atoms with van der Waals surface area (Å²) in [6.45, 7) is 1.51. The maximum Gasteiger partial charge on any atom is 0.269 e. The molecule has 2 N–H and O–H groups in total. The lowest BCUT2D eigenvalue weighted by molar-refractivity contribution is -0.117. The summed E-state index contributed by atoms with van der Waals surface area (Å²) < 4.78 is 7.08. The number of carbonyl (C=O) groups is 2. The molecule has 1 amide bonds. The third-order valence-corrected chi connectivity index (χ3v) is 3.10. The van der Waals surface area contributed by atoms with Gasteiger partial charge in [-0.3, -0.25) is 14.3 Å². The second kappa shape index (κ2) is 5.84. The number of nitrogens with zero attached hydrogens (tertiary/aromatic N) is 4. The SMILES string of the molecule is CC(=O)Cn1nc(C(N)=O)c2cc(Oc3cncnc3)ccc21. The lowest BCUT2D eigenvalue weighted by atomic mass is 10.2. The van der Waals surface area contributed by atoms with Crippen molar-refractivity contribution in [3.63, 3.8) is 0 Å². The van der Waals surface area contributed by atoms with Crippen LogP contribution in [0.15, 0.2) is 36.9 Å². The highest BCUT2D eigenvalue weighted by Crippen LogP contribution is 2.27. The molecule has 2 aromatic heterocycles.